The minimum Gasteiger partial charge on any atom is -0.476 e. The number of aromatic carboxylic acids is 1. The van der Waals surface area contributed by atoms with Gasteiger partial charge in [0.2, 0.25) is 17.7 Å². The molecule has 34 nitrogen and oxygen atoms in total. The summed E-state index contributed by atoms with van der Waals surface area (Å²) in [5.74, 6) is -1.02. The Morgan fingerprint density at radius 3 is 1.13 bits per heavy atom. The van der Waals surface area contributed by atoms with Crippen molar-refractivity contribution in [1.82, 2.24) is 59.2 Å². The fraction of sp³-hybridized carbons (Fsp3) is 0.487. The van der Waals surface area contributed by atoms with Gasteiger partial charge in [0.25, 0.3) is 32.5 Å². The van der Waals surface area contributed by atoms with E-state index in [1.807, 2.05) is 0 Å². The number of carboxylic acids is 1. The lowest BCUT2D eigenvalue weighted by molar-refractivity contribution is -0.112. The zero-order valence-corrected chi connectivity index (χ0v) is 67.4. The number of halogens is 7. The molecule has 0 saturated heterocycles. The van der Waals surface area contributed by atoms with Gasteiger partial charge in [0.05, 0.1) is 35.2 Å². The normalized spacial score (nSPS) is 17.5. The number of aliphatic hydroxyl groups excluding tert-OH is 2. The molecule has 5 amide bonds. The number of carbonyl (C=O) groups is 7. The number of aromatic nitrogens is 12. The third kappa shape index (κ3) is 25.4. The largest absolute Gasteiger partial charge is 0.476 e. The second-order valence-corrected chi connectivity index (χ2v) is 31.2. The molecule has 3 fully saturated rings. The van der Waals surface area contributed by atoms with Crippen molar-refractivity contribution in [2.75, 3.05) is 65.4 Å². The van der Waals surface area contributed by atoms with Crippen LogP contribution < -0.4 is 31.1 Å². The van der Waals surface area contributed by atoms with Gasteiger partial charge in [-0.05, 0) is 188 Å². The molecule has 0 spiro atoms. The van der Waals surface area contributed by atoms with Crippen LogP contribution in [0.1, 0.15) is 228 Å². The number of oxazole rings is 3. The summed E-state index contributed by atoms with van der Waals surface area (Å²) < 4.78 is 139. The maximum absolute atomic E-state index is 13.7. The summed E-state index contributed by atoms with van der Waals surface area (Å²) in [6.07, 6.45) is 11.7. The van der Waals surface area contributed by atoms with E-state index in [1.54, 1.807) is 97.3 Å². The van der Waals surface area contributed by atoms with Crippen LogP contribution in [-0.2, 0) is 19.0 Å². The number of rotatable bonds is 20. The number of aldehydes is 1. The number of hydrogen-bond donors (Lipinski definition) is 6. The van der Waals surface area contributed by atoms with E-state index in [1.165, 1.54) is 88.5 Å². The molecule has 3 aliphatic rings. The lowest BCUT2D eigenvalue weighted by Gasteiger charge is -2.27. The Morgan fingerprint density at radius 2 is 0.849 bits per heavy atom. The van der Waals surface area contributed by atoms with Crippen LogP contribution in [0, 0.1) is 17.8 Å². The Kier molecular flexibility index (Phi) is 30.2. The van der Waals surface area contributed by atoms with E-state index in [-0.39, 0.29) is 112 Å². The first-order valence-electron chi connectivity index (χ1n) is 39.1. The van der Waals surface area contributed by atoms with E-state index in [0.717, 1.165) is 63.6 Å². The van der Waals surface area contributed by atoms with Gasteiger partial charge in [-0.2, -0.15) is 15.3 Å². The van der Waals surface area contributed by atoms with Gasteiger partial charge in [-0.1, -0.05) is 0 Å². The Labute approximate surface area is 683 Å². The van der Waals surface area contributed by atoms with Crippen LogP contribution in [-0.4, -0.2) is 170 Å². The summed E-state index contributed by atoms with van der Waals surface area (Å²) in [4.78, 5) is 113. The molecule has 119 heavy (non-hydrogen) atoms. The van der Waals surface area contributed by atoms with Crippen LogP contribution in [0.5, 0.6) is 0 Å². The molecule has 0 atom stereocenters. The fourth-order valence-electron chi connectivity index (χ4n) is 12.5. The summed E-state index contributed by atoms with van der Waals surface area (Å²) in [5.41, 5.74) is 2.85. The van der Waals surface area contributed by atoms with Crippen molar-refractivity contribution in [3.05, 3.63) is 127 Å². The standard InChI is InChI=1S/C26H32F2N6O5.C26H30F2N6O5.C15H17N3O5.C11H17F2N3O.FH.H2/c2*1-26(2,3)39-25(37)33(4)20-11-16(9-10-29-20)24-31-19(14-38-24)23(36)30-18-12-34(32-21(18)22(27)28)17-7-5-15(13-35)6-8-17;1-15(2,3)23-14(21)18(4)11-7-9(5-6-16-11)12-17-10(8-22-12)13(19)20;12-11(13)10-9(14)5-16(15-10)8-3-1-7(6-17)2-4-8;;/h9-12,14-15,17,22,35H,5-8,13H2,1-4H3,(H,30,36);9-15,17,22H,5-8H2,1-4H3,(H,30,36);5-8H,1-4H3,(H,19,20);5,7-8,11,17H,1-4,6,14H2;2*1H/i;;;;;1+2D/hT. The van der Waals surface area contributed by atoms with E-state index in [0.29, 0.717) is 67.0 Å². The topological polar surface area (TPSA) is 438 Å². The van der Waals surface area contributed by atoms with Crippen LogP contribution in [0.4, 0.5) is 80.0 Å². The summed E-state index contributed by atoms with van der Waals surface area (Å²) in [6.45, 7) is 16.1. The molecule has 646 valence electrons. The third-order valence-electron chi connectivity index (χ3n) is 18.8. The number of hydrogen-bond acceptors (Lipinski definition) is 25. The number of carboxylic acid groups (broad SMARTS) is 1. The van der Waals surface area contributed by atoms with Crippen molar-refractivity contribution in [1.29, 1.82) is 1.45 Å². The quantitative estimate of drug-likeness (QED) is 0.0234. The predicted molar refractivity (Wildman–Crippen MR) is 420 cm³/mol. The van der Waals surface area contributed by atoms with Gasteiger partial charge in [0, 0.05) is 97.1 Å². The second kappa shape index (κ2) is 40.3. The monoisotopic (exact) mass is 1680 g/mol. The number of pyridine rings is 3. The van der Waals surface area contributed by atoms with Gasteiger partial charge in [-0.25, -0.2) is 75.4 Å². The molecule has 7 N–H and O–H groups in total. The second-order valence-electron chi connectivity index (χ2n) is 31.2. The molecule has 12 rings (SSSR count). The van der Waals surface area contributed by atoms with Crippen LogP contribution in [0.3, 0.4) is 0 Å². The summed E-state index contributed by atoms with van der Waals surface area (Å²) in [6, 6.07) is 9.32. The highest BCUT2D eigenvalue weighted by atomic mass is 19.3. The maximum atomic E-state index is 13.7. The molecule has 41 heteroatoms. The smallest absolute Gasteiger partial charge is 0.415 e. The highest BCUT2D eigenvalue weighted by molar-refractivity contribution is 6.04. The van der Waals surface area contributed by atoms with E-state index >= 15 is 0 Å². The van der Waals surface area contributed by atoms with Crippen molar-refractivity contribution in [3.63, 3.8) is 0 Å². The number of ether oxygens (including phenoxy) is 3. The number of nitrogens with two attached hydrogens (primary N) is 1. The molecular formula is C78H99F7N18O16. The maximum Gasteiger partial charge on any atom is 0.415 e. The molecule has 0 unspecified atom stereocenters. The zero-order valence-electron chi connectivity index (χ0n) is 70.4. The predicted octanol–water partition coefficient (Wildman–Crippen LogP) is 16.0. The van der Waals surface area contributed by atoms with Gasteiger partial charge in [0.1, 0.15) is 59.3 Å². The lowest BCUT2D eigenvalue weighted by Crippen LogP contribution is -2.34. The van der Waals surface area contributed by atoms with Crippen molar-refractivity contribution in [2.24, 2.45) is 17.8 Å². The fourth-order valence-corrected chi connectivity index (χ4v) is 12.5. The average Bonchev–Trinajstić information content (AvgIpc) is 1.66. The Morgan fingerprint density at radius 1 is 0.546 bits per heavy atom. The summed E-state index contributed by atoms with van der Waals surface area (Å²) in [7, 11) is 4.54. The van der Waals surface area contributed by atoms with Crippen molar-refractivity contribution in [3.8, 4) is 34.4 Å². The number of amides is 5. The number of nitrogens with zero attached hydrogens (tertiary/aromatic N) is 15. The molecule has 0 aromatic carbocycles. The zero-order chi connectivity index (χ0) is 90.3. The Bertz CT molecular complexity index is 4930. The molecule has 9 aromatic heterocycles. The van der Waals surface area contributed by atoms with Crippen LogP contribution in [0.15, 0.2) is 106 Å². The van der Waals surface area contributed by atoms with Crippen LogP contribution in [0.2, 0.25) is 0 Å². The molecule has 3 aliphatic carbocycles. The number of alkyl halides is 6. The number of nitrogen functional groups attached to an aromatic ring is 1. The highest BCUT2D eigenvalue weighted by Crippen LogP contribution is 2.39. The molecule has 0 aliphatic heterocycles. The SMILES string of the molecule is CN(C(=O)OC(C)(C)C)c1cc(-c2nc(C(=O)Nc3cn(C4CCC(C=O)CC4)nc3C(F)F)co2)ccn1.CN(C(=O)OC(C)(C)C)c1cc(-c2nc(C(=O)Nc3cn(C4CCC(CO)CC4)nc3C(F)F)co2)ccn1.CN(C(=O)OC(C)(C)C)c1cc(-c2nc(C(=O)O)co2)ccn1.Nc1cn(C2CCC(CO)CC2)nc1C(F)F.[2H][3H].[3H]F. The Balaban J connectivity index is 0.000000231. The Hall–Kier alpha value is -12.2. The third-order valence-corrected chi connectivity index (χ3v) is 18.8. The first kappa shape index (κ1) is 89.2. The van der Waals surface area contributed by atoms with E-state index in [9.17, 15) is 65.0 Å². The van der Waals surface area contributed by atoms with Gasteiger partial charge in [-0.15, -0.1) is 0 Å². The number of nitrogens with one attached hydrogen (secondary N) is 2. The minimum atomic E-state index is -2.90. The summed E-state index contributed by atoms with van der Waals surface area (Å²) in [5, 5.41) is 44.1. The van der Waals surface area contributed by atoms with E-state index in [4.69, 9.17) is 51.1 Å². The highest BCUT2D eigenvalue weighted by Gasteiger charge is 2.33. The number of carbonyl (C=O) groups excluding carboxylic acids is 6. The number of anilines is 6. The number of aliphatic hydroxyl groups is 2. The summed E-state index contributed by atoms with van der Waals surface area (Å²) >= 11 is 0. The molecular weight excluding hydrogens is 1580 g/mol. The molecule has 0 radical (unpaired) electrons. The van der Waals surface area contributed by atoms with Gasteiger partial charge in [0.15, 0.2) is 34.2 Å². The molecule has 9 aromatic rings. The van der Waals surface area contributed by atoms with Crippen molar-refractivity contribution < 1.29 is 110 Å². The van der Waals surface area contributed by atoms with Crippen LogP contribution in [0.25, 0.3) is 34.4 Å². The van der Waals surface area contributed by atoms with Crippen LogP contribution >= 0.6 is 0 Å². The van der Waals surface area contributed by atoms with Gasteiger partial charge in [-0.3, -0.25) is 43.1 Å². The lowest BCUT2D eigenvalue weighted by atomic mass is 9.87. The van der Waals surface area contributed by atoms with E-state index < -0.39 is 83.5 Å². The first-order valence-corrected chi connectivity index (χ1v) is 37.7. The molecule has 9 heterocycles. The average molecular weight is 1680 g/mol. The molecule has 3 saturated carbocycles. The van der Waals surface area contributed by atoms with Gasteiger partial charge >= 0.3 is 24.2 Å². The van der Waals surface area contributed by atoms with Crippen molar-refractivity contribution in [2.45, 2.75) is 194 Å². The van der Waals surface area contributed by atoms with E-state index in [2.05, 4.69) is 57.3 Å². The minimum absolute atomic E-state index is 0.0268. The van der Waals surface area contributed by atoms with Crippen molar-refractivity contribution >= 4 is 76.9 Å². The van der Waals surface area contributed by atoms with Gasteiger partial charge < -0.3 is 63.9 Å². The first-order chi connectivity index (χ1) is 57.7. The molecule has 0 bridgehead atoms.